The van der Waals surface area contributed by atoms with Gasteiger partial charge in [-0.05, 0) is 23.8 Å². The Bertz CT molecular complexity index is 920. The molecule has 0 aliphatic rings. The van der Waals surface area contributed by atoms with Gasteiger partial charge in [-0.2, -0.15) is 0 Å². The predicted molar refractivity (Wildman–Crippen MR) is 86.0 cm³/mol. The van der Waals surface area contributed by atoms with Crippen LogP contribution in [0.25, 0.3) is 10.2 Å². The van der Waals surface area contributed by atoms with Crippen LogP contribution in [0, 0.1) is 10.1 Å². The first-order valence-corrected chi connectivity index (χ1v) is 7.32. The lowest BCUT2D eigenvalue weighted by atomic mass is 10.2. The number of fused-ring (bicyclic) bond motifs is 1. The summed E-state index contributed by atoms with van der Waals surface area (Å²) in [5, 5.41) is 22.9. The van der Waals surface area contributed by atoms with Gasteiger partial charge in [-0.15, -0.1) is 0 Å². The summed E-state index contributed by atoms with van der Waals surface area (Å²) in [5.74, 6) is 0.388. The highest BCUT2D eigenvalue weighted by atomic mass is 32.1. The Morgan fingerprint density at radius 1 is 1.30 bits per heavy atom. The molecular weight excluding hydrogens is 318 g/mol. The van der Waals surface area contributed by atoms with Gasteiger partial charge in [0.1, 0.15) is 5.75 Å². The molecule has 0 aliphatic carbocycles. The quantitative estimate of drug-likeness (QED) is 0.416. The number of hydrogen-bond donors (Lipinski definition) is 0. The normalized spacial score (nSPS) is 11.2. The van der Waals surface area contributed by atoms with E-state index < -0.39 is 4.92 Å². The first kappa shape index (κ1) is 14.9. The number of aliphatic imine (C=N–C) groups is 1. The van der Waals surface area contributed by atoms with Gasteiger partial charge in [-0.3, -0.25) is 10.1 Å². The summed E-state index contributed by atoms with van der Waals surface area (Å²) in [5.41, 5.74) is 0.764. The maximum atomic E-state index is 11.7. The van der Waals surface area contributed by atoms with Gasteiger partial charge in [0.05, 0.1) is 22.2 Å². The van der Waals surface area contributed by atoms with E-state index >= 15 is 0 Å². The van der Waals surface area contributed by atoms with Crippen LogP contribution in [-0.4, -0.2) is 23.2 Å². The van der Waals surface area contributed by atoms with Gasteiger partial charge in [0, 0.05) is 18.3 Å². The van der Waals surface area contributed by atoms with Gasteiger partial charge in [0.25, 0.3) is 5.69 Å². The molecule has 3 rings (SSSR count). The second-order valence-electron chi connectivity index (χ2n) is 4.57. The molecule has 0 atom stereocenters. The molecule has 0 amide bonds. The lowest BCUT2D eigenvalue weighted by Gasteiger charge is -2.08. The van der Waals surface area contributed by atoms with Gasteiger partial charge >= 0.3 is 0 Å². The lowest BCUT2D eigenvalue weighted by Crippen LogP contribution is -1.97. The van der Waals surface area contributed by atoms with Crippen molar-refractivity contribution in [3.8, 4) is 11.5 Å². The Morgan fingerprint density at radius 2 is 2.13 bits per heavy atom. The fourth-order valence-electron chi connectivity index (χ4n) is 1.95. The van der Waals surface area contributed by atoms with Crippen molar-refractivity contribution in [3.63, 3.8) is 0 Å². The van der Waals surface area contributed by atoms with E-state index in [-0.39, 0.29) is 17.0 Å². The monoisotopic (exact) mass is 328 g/mol. The van der Waals surface area contributed by atoms with Crippen molar-refractivity contribution >= 4 is 38.6 Å². The molecule has 1 heterocycles. The third-order valence-corrected chi connectivity index (χ3v) is 4.03. The highest BCUT2D eigenvalue weighted by Crippen LogP contribution is 2.31. The fraction of sp³-hybridized carbons (Fsp3) is 0.0667. The number of methoxy groups -OCH3 is 1. The topological polar surface area (TPSA) is 101 Å². The smallest absolute Gasteiger partial charge is 0.270 e. The average molecular weight is 328 g/mol. The van der Waals surface area contributed by atoms with Crippen molar-refractivity contribution in [2.45, 2.75) is 0 Å². The Kier molecular flexibility index (Phi) is 3.90. The minimum Gasteiger partial charge on any atom is -0.872 e. The molecular formula is C15H10N3O4S-. The zero-order valence-electron chi connectivity index (χ0n) is 11.9. The number of rotatable bonds is 4. The summed E-state index contributed by atoms with van der Waals surface area (Å²) in [6.07, 6.45) is 1.30. The molecule has 0 N–H and O–H groups in total. The van der Waals surface area contributed by atoms with E-state index in [0.717, 1.165) is 22.0 Å². The molecule has 0 radical (unpaired) electrons. The van der Waals surface area contributed by atoms with Crippen molar-refractivity contribution in [1.29, 1.82) is 0 Å². The van der Waals surface area contributed by atoms with Crippen molar-refractivity contribution in [2.75, 3.05) is 7.11 Å². The predicted octanol–water partition coefficient (Wildman–Crippen LogP) is 3.04. The molecule has 0 fully saturated rings. The molecule has 1 aromatic heterocycles. The summed E-state index contributed by atoms with van der Waals surface area (Å²) in [6.45, 7) is 0. The number of benzene rings is 2. The van der Waals surface area contributed by atoms with E-state index in [1.807, 2.05) is 12.1 Å². The van der Waals surface area contributed by atoms with Crippen molar-refractivity contribution < 1.29 is 14.8 Å². The summed E-state index contributed by atoms with van der Waals surface area (Å²) in [4.78, 5) is 18.7. The molecule has 0 bridgehead atoms. The number of aromatic nitrogens is 1. The second-order valence-corrected chi connectivity index (χ2v) is 5.58. The minimum absolute atomic E-state index is 0.149. The standard InChI is InChI=1S/C15H11N3O4S/c1-22-11-3-4-12-14(7-11)23-15(17-12)16-8-9-6-10(18(20)21)2-5-13(9)19/h2-8,19H,1H3/p-1. The van der Waals surface area contributed by atoms with Crippen molar-refractivity contribution in [3.05, 3.63) is 52.1 Å². The second kappa shape index (κ2) is 6.01. The number of non-ortho nitro benzene ring substituents is 1. The third kappa shape index (κ3) is 3.11. The van der Waals surface area contributed by atoms with Crippen LogP contribution < -0.4 is 9.84 Å². The van der Waals surface area contributed by atoms with Gasteiger partial charge in [-0.25, -0.2) is 9.98 Å². The zero-order valence-corrected chi connectivity index (χ0v) is 12.7. The summed E-state index contributed by atoms with van der Waals surface area (Å²) >= 11 is 1.34. The van der Waals surface area contributed by atoms with Crippen LogP contribution in [-0.2, 0) is 0 Å². The highest BCUT2D eigenvalue weighted by Gasteiger charge is 2.07. The van der Waals surface area contributed by atoms with Gasteiger partial charge < -0.3 is 9.84 Å². The summed E-state index contributed by atoms with van der Waals surface area (Å²) in [7, 11) is 1.58. The summed E-state index contributed by atoms with van der Waals surface area (Å²) in [6, 6.07) is 8.98. The van der Waals surface area contributed by atoms with E-state index in [1.165, 1.54) is 29.7 Å². The van der Waals surface area contributed by atoms with E-state index in [2.05, 4.69) is 9.98 Å². The van der Waals surface area contributed by atoms with Crippen LogP contribution >= 0.6 is 11.3 Å². The number of thiazole rings is 1. The number of nitro benzene ring substituents is 1. The molecule has 2 aromatic carbocycles. The number of nitro groups is 1. The largest absolute Gasteiger partial charge is 0.872 e. The lowest BCUT2D eigenvalue weighted by molar-refractivity contribution is -0.385. The first-order valence-electron chi connectivity index (χ1n) is 6.51. The molecule has 0 aliphatic heterocycles. The molecule has 0 saturated heterocycles. The van der Waals surface area contributed by atoms with E-state index in [1.54, 1.807) is 13.2 Å². The zero-order chi connectivity index (χ0) is 16.4. The molecule has 0 spiro atoms. The van der Waals surface area contributed by atoms with E-state index in [0.29, 0.717) is 5.13 Å². The van der Waals surface area contributed by atoms with Gasteiger partial charge in [0.15, 0.2) is 0 Å². The molecule has 8 heteroatoms. The maximum Gasteiger partial charge on any atom is 0.270 e. The highest BCUT2D eigenvalue weighted by molar-refractivity contribution is 7.22. The van der Waals surface area contributed by atoms with Crippen LogP contribution in [0.1, 0.15) is 5.56 Å². The number of ether oxygens (including phenoxy) is 1. The Labute approximate surface area is 134 Å². The number of hydrogen-bond acceptors (Lipinski definition) is 7. The van der Waals surface area contributed by atoms with Gasteiger partial charge in [0.2, 0.25) is 5.13 Å². The summed E-state index contributed by atoms with van der Waals surface area (Å²) < 4.78 is 6.05. The van der Waals surface area contributed by atoms with Gasteiger partial charge in [-0.1, -0.05) is 23.2 Å². The number of nitrogens with zero attached hydrogens (tertiary/aromatic N) is 3. The average Bonchev–Trinajstić information content (AvgIpc) is 2.95. The molecule has 0 unspecified atom stereocenters. The van der Waals surface area contributed by atoms with E-state index in [4.69, 9.17) is 4.74 Å². The maximum absolute atomic E-state index is 11.7. The van der Waals surface area contributed by atoms with Crippen LogP contribution in [0.4, 0.5) is 10.8 Å². The Balaban J connectivity index is 1.93. The van der Waals surface area contributed by atoms with Crippen molar-refractivity contribution in [2.24, 2.45) is 4.99 Å². The fourth-order valence-corrected chi connectivity index (χ4v) is 2.79. The minimum atomic E-state index is -0.555. The van der Waals surface area contributed by atoms with Crippen LogP contribution in [0.2, 0.25) is 0 Å². The molecule has 3 aromatic rings. The first-order chi connectivity index (χ1) is 11.1. The molecule has 23 heavy (non-hydrogen) atoms. The molecule has 0 saturated carbocycles. The Morgan fingerprint density at radius 3 is 2.87 bits per heavy atom. The van der Waals surface area contributed by atoms with Crippen LogP contribution in [0.15, 0.2) is 41.4 Å². The molecule has 116 valence electrons. The molecule has 7 nitrogen and oxygen atoms in total. The third-order valence-electron chi connectivity index (χ3n) is 3.10. The van der Waals surface area contributed by atoms with Crippen LogP contribution in [0.3, 0.4) is 0 Å². The Hall–Kier alpha value is -3.00. The van der Waals surface area contributed by atoms with E-state index in [9.17, 15) is 15.2 Å². The van der Waals surface area contributed by atoms with Crippen LogP contribution in [0.5, 0.6) is 11.5 Å². The van der Waals surface area contributed by atoms with Crippen molar-refractivity contribution in [1.82, 2.24) is 4.98 Å². The SMILES string of the molecule is COc1ccc2nc(N=Cc3cc([N+](=O)[O-])ccc3[O-])sc2c1.